The number of nitrogens with one attached hydrogen (secondary N) is 1. The van der Waals surface area contributed by atoms with E-state index >= 15 is 0 Å². The highest BCUT2D eigenvalue weighted by molar-refractivity contribution is 5.10. The van der Waals surface area contributed by atoms with E-state index in [4.69, 9.17) is 0 Å². The Morgan fingerprint density at radius 1 is 1.26 bits per heavy atom. The summed E-state index contributed by atoms with van der Waals surface area (Å²) in [5.74, 6) is 0. The average Bonchev–Trinajstić information content (AvgIpc) is 2.47. The zero-order valence-corrected chi connectivity index (χ0v) is 12.3. The Hall–Kier alpha value is -0.930. The van der Waals surface area contributed by atoms with Crippen LogP contribution in [0.15, 0.2) is 24.5 Å². The van der Waals surface area contributed by atoms with Crippen LogP contribution in [0.3, 0.4) is 0 Å². The van der Waals surface area contributed by atoms with Crippen LogP contribution in [-0.4, -0.2) is 42.1 Å². The van der Waals surface area contributed by atoms with E-state index in [0.717, 1.165) is 19.5 Å². The molecule has 1 aliphatic carbocycles. The maximum Gasteiger partial charge on any atom is 0.0270 e. The van der Waals surface area contributed by atoms with Crippen LogP contribution in [0.4, 0.5) is 0 Å². The van der Waals surface area contributed by atoms with Crippen LogP contribution < -0.4 is 5.32 Å². The van der Waals surface area contributed by atoms with Crippen LogP contribution in [-0.2, 0) is 6.42 Å². The molecule has 1 fully saturated rings. The van der Waals surface area contributed by atoms with Gasteiger partial charge in [-0.3, -0.25) is 4.98 Å². The van der Waals surface area contributed by atoms with Crippen molar-refractivity contribution in [3.63, 3.8) is 0 Å². The maximum absolute atomic E-state index is 4.08. The SMILES string of the molecule is CCNC1CCCCC1N(C)CCc1ccncc1. The van der Waals surface area contributed by atoms with Gasteiger partial charge < -0.3 is 10.2 Å². The number of hydrogen-bond acceptors (Lipinski definition) is 3. The monoisotopic (exact) mass is 261 g/mol. The summed E-state index contributed by atoms with van der Waals surface area (Å²) in [5.41, 5.74) is 1.39. The summed E-state index contributed by atoms with van der Waals surface area (Å²) < 4.78 is 0. The first-order valence-corrected chi connectivity index (χ1v) is 7.63. The van der Waals surface area contributed by atoms with Crippen molar-refractivity contribution in [1.82, 2.24) is 15.2 Å². The molecule has 19 heavy (non-hydrogen) atoms. The zero-order valence-electron chi connectivity index (χ0n) is 12.3. The largest absolute Gasteiger partial charge is 0.313 e. The third kappa shape index (κ3) is 4.29. The standard InChI is InChI=1S/C16H27N3/c1-3-18-15-6-4-5-7-16(15)19(2)13-10-14-8-11-17-12-9-14/h8-9,11-12,15-16,18H,3-7,10,13H2,1-2H3. The Morgan fingerprint density at radius 3 is 2.74 bits per heavy atom. The van der Waals surface area contributed by atoms with Gasteiger partial charge in [0, 0.05) is 31.0 Å². The molecule has 2 atom stereocenters. The normalized spacial score (nSPS) is 23.7. The third-order valence-electron chi connectivity index (χ3n) is 4.26. The first-order valence-electron chi connectivity index (χ1n) is 7.63. The topological polar surface area (TPSA) is 28.2 Å². The summed E-state index contributed by atoms with van der Waals surface area (Å²) in [7, 11) is 2.28. The van der Waals surface area contributed by atoms with Crippen molar-refractivity contribution in [2.24, 2.45) is 0 Å². The molecule has 106 valence electrons. The maximum atomic E-state index is 4.08. The lowest BCUT2D eigenvalue weighted by molar-refractivity contribution is 0.152. The van der Waals surface area contributed by atoms with Crippen LogP contribution in [0.25, 0.3) is 0 Å². The van der Waals surface area contributed by atoms with Crippen molar-refractivity contribution in [2.45, 2.75) is 51.1 Å². The van der Waals surface area contributed by atoms with Crippen LogP contribution >= 0.6 is 0 Å². The molecule has 3 nitrogen and oxygen atoms in total. The molecular formula is C16H27N3. The van der Waals surface area contributed by atoms with Crippen molar-refractivity contribution in [3.05, 3.63) is 30.1 Å². The molecule has 1 aliphatic rings. The zero-order chi connectivity index (χ0) is 13.5. The number of likely N-dealkylation sites (N-methyl/N-ethyl adjacent to an activating group) is 2. The molecule has 2 unspecified atom stereocenters. The van der Waals surface area contributed by atoms with E-state index in [9.17, 15) is 0 Å². The molecule has 0 amide bonds. The second-order valence-corrected chi connectivity index (χ2v) is 5.60. The van der Waals surface area contributed by atoms with Gasteiger partial charge in [-0.1, -0.05) is 19.8 Å². The predicted octanol–water partition coefficient (Wildman–Crippen LogP) is 2.48. The molecule has 1 heterocycles. The molecule has 0 spiro atoms. The first-order chi connectivity index (χ1) is 9.31. The van der Waals surface area contributed by atoms with Gasteiger partial charge >= 0.3 is 0 Å². The number of hydrogen-bond donors (Lipinski definition) is 1. The average molecular weight is 261 g/mol. The van der Waals surface area contributed by atoms with Crippen LogP contribution in [0.1, 0.15) is 38.2 Å². The highest BCUT2D eigenvalue weighted by atomic mass is 15.2. The Kier molecular flexibility index (Phi) is 5.80. The van der Waals surface area contributed by atoms with Gasteiger partial charge in [-0.05, 0) is 50.6 Å². The molecule has 0 aromatic carbocycles. The highest BCUT2D eigenvalue weighted by Gasteiger charge is 2.27. The quantitative estimate of drug-likeness (QED) is 0.852. The minimum Gasteiger partial charge on any atom is -0.313 e. The van der Waals surface area contributed by atoms with Crippen molar-refractivity contribution in [1.29, 1.82) is 0 Å². The summed E-state index contributed by atoms with van der Waals surface area (Å²) in [6.45, 7) is 4.43. The lowest BCUT2D eigenvalue weighted by Crippen LogP contribution is -2.50. The van der Waals surface area contributed by atoms with E-state index in [0.29, 0.717) is 12.1 Å². The van der Waals surface area contributed by atoms with Gasteiger partial charge in [-0.2, -0.15) is 0 Å². The summed E-state index contributed by atoms with van der Waals surface area (Å²) in [6.07, 6.45) is 10.3. The lowest BCUT2D eigenvalue weighted by atomic mass is 9.89. The number of aromatic nitrogens is 1. The van der Waals surface area contributed by atoms with Gasteiger partial charge in [-0.15, -0.1) is 0 Å². The fourth-order valence-electron chi connectivity index (χ4n) is 3.16. The Labute approximate surface area is 117 Å². The summed E-state index contributed by atoms with van der Waals surface area (Å²) in [4.78, 5) is 6.62. The molecule has 1 saturated carbocycles. The van der Waals surface area contributed by atoms with E-state index in [1.807, 2.05) is 12.4 Å². The molecule has 0 radical (unpaired) electrons. The second kappa shape index (κ2) is 7.61. The van der Waals surface area contributed by atoms with Gasteiger partial charge in [0.2, 0.25) is 0 Å². The van der Waals surface area contributed by atoms with Crippen molar-refractivity contribution >= 4 is 0 Å². The Bertz CT molecular complexity index is 350. The van der Waals surface area contributed by atoms with Gasteiger partial charge in [-0.25, -0.2) is 0 Å². The first kappa shape index (κ1) is 14.5. The van der Waals surface area contributed by atoms with E-state index in [1.54, 1.807) is 0 Å². The van der Waals surface area contributed by atoms with Crippen molar-refractivity contribution in [2.75, 3.05) is 20.1 Å². The van der Waals surface area contributed by atoms with Gasteiger partial charge in [0.15, 0.2) is 0 Å². The van der Waals surface area contributed by atoms with Gasteiger partial charge in [0.1, 0.15) is 0 Å². The van der Waals surface area contributed by atoms with E-state index < -0.39 is 0 Å². The smallest absolute Gasteiger partial charge is 0.0270 e. The molecule has 1 aromatic heterocycles. The van der Waals surface area contributed by atoms with Crippen LogP contribution in [0.5, 0.6) is 0 Å². The van der Waals surface area contributed by atoms with Crippen LogP contribution in [0, 0.1) is 0 Å². The molecule has 0 bridgehead atoms. The number of rotatable bonds is 6. The molecule has 1 aromatic rings. The van der Waals surface area contributed by atoms with Gasteiger partial charge in [0.05, 0.1) is 0 Å². The lowest BCUT2D eigenvalue weighted by Gasteiger charge is -2.38. The Balaban J connectivity index is 1.85. The number of pyridine rings is 1. The van der Waals surface area contributed by atoms with Gasteiger partial charge in [0.25, 0.3) is 0 Å². The third-order valence-corrected chi connectivity index (χ3v) is 4.26. The van der Waals surface area contributed by atoms with E-state index in [1.165, 1.54) is 31.2 Å². The highest BCUT2D eigenvalue weighted by Crippen LogP contribution is 2.22. The summed E-state index contributed by atoms with van der Waals surface area (Å²) >= 11 is 0. The van der Waals surface area contributed by atoms with Crippen molar-refractivity contribution < 1.29 is 0 Å². The molecule has 1 N–H and O–H groups in total. The van der Waals surface area contributed by atoms with Crippen LogP contribution in [0.2, 0.25) is 0 Å². The molecule has 0 saturated heterocycles. The summed E-state index contributed by atoms with van der Waals surface area (Å²) in [5, 5.41) is 3.66. The number of nitrogens with zero attached hydrogens (tertiary/aromatic N) is 2. The fraction of sp³-hybridized carbons (Fsp3) is 0.688. The summed E-state index contributed by atoms with van der Waals surface area (Å²) in [6, 6.07) is 5.63. The molecule has 3 heteroatoms. The Morgan fingerprint density at radius 2 is 2.00 bits per heavy atom. The van der Waals surface area contributed by atoms with E-state index in [2.05, 4.69) is 41.3 Å². The molecule has 2 rings (SSSR count). The van der Waals surface area contributed by atoms with E-state index in [-0.39, 0.29) is 0 Å². The second-order valence-electron chi connectivity index (χ2n) is 5.60. The molecular weight excluding hydrogens is 234 g/mol. The minimum absolute atomic E-state index is 0.682. The minimum atomic E-state index is 0.682. The van der Waals surface area contributed by atoms with Crippen molar-refractivity contribution in [3.8, 4) is 0 Å². The fourth-order valence-corrected chi connectivity index (χ4v) is 3.16. The predicted molar refractivity (Wildman–Crippen MR) is 80.3 cm³/mol. The molecule has 0 aliphatic heterocycles.